The molecule has 3 rings (SSSR count). The lowest BCUT2D eigenvalue weighted by molar-refractivity contribution is 0.521. The number of rotatable bonds is 5. The van der Waals surface area contributed by atoms with Crippen LogP contribution in [0.3, 0.4) is 0 Å². The number of aromatic nitrogens is 2. The number of nitrogens with zero attached hydrogens (tertiary/aromatic N) is 3. The summed E-state index contributed by atoms with van der Waals surface area (Å²) in [6.07, 6.45) is 0. The van der Waals surface area contributed by atoms with Gasteiger partial charge >= 0.3 is 11.1 Å². The molecule has 7 nitrogen and oxygen atoms in total. The van der Waals surface area contributed by atoms with Crippen molar-refractivity contribution in [2.24, 2.45) is 0 Å². The molecule has 0 spiro atoms. The Morgan fingerprint density at radius 2 is 1.64 bits per heavy atom. The van der Waals surface area contributed by atoms with Crippen LogP contribution >= 0.6 is 15.9 Å². The number of hydrogen-bond donors (Lipinski definition) is 0. The number of sulfonamides is 1. The molecular weight excluding hydrogens is 446 g/mol. The molecule has 9 heteroatoms. The summed E-state index contributed by atoms with van der Waals surface area (Å²) in [6, 6.07) is 11.9. The SMILES string of the molecule is CCn1c(=O)c(=O)n(Cc2cccc(Br)c2)c2cc(S(=O)(=O)N(C)C)ccc21. The van der Waals surface area contributed by atoms with Gasteiger partial charge in [-0.3, -0.25) is 14.2 Å². The summed E-state index contributed by atoms with van der Waals surface area (Å²) in [4.78, 5) is 25.4. The second-order valence-electron chi connectivity index (χ2n) is 6.51. The van der Waals surface area contributed by atoms with Gasteiger partial charge < -0.3 is 4.57 Å². The molecule has 2 aromatic carbocycles. The summed E-state index contributed by atoms with van der Waals surface area (Å²) in [6.45, 7) is 2.23. The van der Waals surface area contributed by atoms with E-state index in [4.69, 9.17) is 0 Å². The van der Waals surface area contributed by atoms with Crippen LogP contribution in [0.25, 0.3) is 11.0 Å². The highest BCUT2D eigenvalue weighted by Crippen LogP contribution is 2.21. The van der Waals surface area contributed by atoms with Crippen molar-refractivity contribution in [3.8, 4) is 0 Å². The van der Waals surface area contributed by atoms with Crippen LogP contribution in [-0.4, -0.2) is 36.0 Å². The predicted octanol–water partition coefficient (Wildman–Crippen LogP) is 2.24. The van der Waals surface area contributed by atoms with Crippen LogP contribution in [0.15, 0.2) is 61.4 Å². The molecule has 1 heterocycles. The van der Waals surface area contributed by atoms with E-state index in [-0.39, 0.29) is 11.4 Å². The fourth-order valence-corrected chi connectivity index (χ4v) is 4.43. The first-order chi connectivity index (χ1) is 13.2. The van der Waals surface area contributed by atoms with Crippen molar-refractivity contribution in [1.29, 1.82) is 0 Å². The minimum Gasteiger partial charge on any atom is -0.302 e. The van der Waals surface area contributed by atoms with E-state index < -0.39 is 21.1 Å². The molecule has 0 fully saturated rings. The average Bonchev–Trinajstić information content (AvgIpc) is 2.65. The van der Waals surface area contributed by atoms with Crippen LogP contribution in [0, 0.1) is 0 Å². The van der Waals surface area contributed by atoms with E-state index in [2.05, 4.69) is 15.9 Å². The zero-order valence-electron chi connectivity index (χ0n) is 15.7. The Kier molecular flexibility index (Phi) is 5.60. The lowest BCUT2D eigenvalue weighted by Gasteiger charge is -2.17. The number of halogens is 1. The molecule has 0 bridgehead atoms. The molecule has 0 radical (unpaired) electrons. The third-order valence-electron chi connectivity index (χ3n) is 4.53. The van der Waals surface area contributed by atoms with Gasteiger partial charge in [-0.15, -0.1) is 0 Å². The Hall–Kier alpha value is -2.23. The van der Waals surface area contributed by atoms with Crippen molar-refractivity contribution in [3.05, 3.63) is 73.2 Å². The lowest BCUT2D eigenvalue weighted by atomic mass is 10.2. The normalized spacial score (nSPS) is 12.0. The third-order valence-corrected chi connectivity index (χ3v) is 6.83. The largest absolute Gasteiger partial charge is 0.317 e. The molecule has 0 aliphatic rings. The van der Waals surface area contributed by atoms with E-state index >= 15 is 0 Å². The van der Waals surface area contributed by atoms with Gasteiger partial charge in [0.15, 0.2) is 0 Å². The fraction of sp³-hybridized carbons (Fsp3) is 0.263. The molecule has 0 unspecified atom stereocenters. The zero-order chi connectivity index (χ0) is 20.6. The highest BCUT2D eigenvalue weighted by atomic mass is 79.9. The van der Waals surface area contributed by atoms with Crippen molar-refractivity contribution >= 4 is 37.0 Å². The van der Waals surface area contributed by atoms with Crippen LogP contribution in [0.4, 0.5) is 0 Å². The number of hydrogen-bond acceptors (Lipinski definition) is 4. The van der Waals surface area contributed by atoms with Gasteiger partial charge in [0.2, 0.25) is 10.0 Å². The number of benzene rings is 2. The predicted molar refractivity (Wildman–Crippen MR) is 112 cm³/mol. The average molecular weight is 466 g/mol. The molecule has 148 valence electrons. The van der Waals surface area contributed by atoms with Crippen molar-refractivity contribution in [1.82, 2.24) is 13.4 Å². The van der Waals surface area contributed by atoms with E-state index in [0.717, 1.165) is 14.3 Å². The first-order valence-electron chi connectivity index (χ1n) is 8.61. The van der Waals surface area contributed by atoms with Crippen LogP contribution in [0.5, 0.6) is 0 Å². The highest BCUT2D eigenvalue weighted by Gasteiger charge is 2.20. The topological polar surface area (TPSA) is 81.4 Å². The summed E-state index contributed by atoms with van der Waals surface area (Å²) in [5.74, 6) is 0. The molecule has 0 aliphatic heterocycles. The Morgan fingerprint density at radius 3 is 2.25 bits per heavy atom. The van der Waals surface area contributed by atoms with E-state index in [9.17, 15) is 18.0 Å². The quantitative estimate of drug-likeness (QED) is 0.541. The van der Waals surface area contributed by atoms with Gasteiger partial charge in [-0.2, -0.15) is 0 Å². The van der Waals surface area contributed by atoms with E-state index in [1.807, 2.05) is 24.3 Å². The van der Waals surface area contributed by atoms with Crippen LogP contribution in [0.1, 0.15) is 12.5 Å². The maximum atomic E-state index is 12.8. The minimum atomic E-state index is -3.68. The third kappa shape index (κ3) is 3.57. The molecular formula is C19H20BrN3O4S. The van der Waals surface area contributed by atoms with Gasteiger partial charge in [0, 0.05) is 25.1 Å². The summed E-state index contributed by atoms with van der Waals surface area (Å²) >= 11 is 3.40. The Bertz CT molecular complexity index is 1280. The maximum Gasteiger partial charge on any atom is 0.317 e. The molecule has 0 N–H and O–H groups in total. The Labute approximate surface area is 171 Å². The molecule has 0 saturated heterocycles. The van der Waals surface area contributed by atoms with Gasteiger partial charge in [-0.25, -0.2) is 12.7 Å². The van der Waals surface area contributed by atoms with Gasteiger partial charge in [0.05, 0.1) is 22.5 Å². The summed E-state index contributed by atoms with van der Waals surface area (Å²) in [5.41, 5.74) is 0.406. The molecule has 0 atom stereocenters. The molecule has 0 saturated carbocycles. The summed E-state index contributed by atoms with van der Waals surface area (Å²) in [5, 5.41) is 0. The van der Waals surface area contributed by atoms with Gasteiger partial charge in [0.1, 0.15) is 0 Å². The maximum absolute atomic E-state index is 12.8. The van der Waals surface area contributed by atoms with E-state index in [0.29, 0.717) is 17.6 Å². The van der Waals surface area contributed by atoms with Crippen molar-refractivity contribution < 1.29 is 8.42 Å². The lowest BCUT2D eigenvalue weighted by Crippen LogP contribution is -2.41. The Morgan fingerprint density at radius 1 is 0.964 bits per heavy atom. The van der Waals surface area contributed by atoms with Crippen molar-refractivity contribution in [3.63, 3.8) is 0 Å². The van der Waals surface area contributed by atoms with Crippen LogP contribution < -0.4 is 11.1 Å². The van der Waals surface area contributed by atoms with Crippen LogP contribution in [-0.2, 0) is 23.1 Å². The fourth-order valence-electron chi connectivity index (χ4n) is 3.06. The van der Waals surface area contributed by atoms with Crippen LogP contribution in [0.2, 0.25) is 0 Å². The minimum absolute atomic E-state index is 0.0636. The monoisotopic (exact) mass is 465 g/mol. The number of fused-ring (bicyclic) bond motifs is 1. The summed E-state index contributed by atoms with van der Waals surface area (Å²) < 4.78 is 29.8. The second-order valence-corrected chi connectivity index (χ2v) is 9.58. The molecule has 3 aromatic rings. The molecule has 0 amide bonds. The smallest absolute Gasteiger partial charge is 0.302 e. The Balaban J connectivity index is 2.36. The van der Waals surface area contributed by atoms with E-state index in [1.54, 1.807) is 13.0 Å². The second kappa shape index (κ2) is 7.65. The van der Waals surface area contributed by atoms with Crippen molar-refractivity contribution in [2.75, 3.05) is 14.1 Å². The molecule has 0 aliphatic carbocycles. The van der Waals surface area contributed by atoms with Gasteiger partial charge in [0.25, 0.3) is 0 Å². The highest BCUT2D eigenvalue weighted by molar-refractivity contribution is 9.10. The molecule has 1 aromatic heterocycles. The first-order valence-corrected chi connectivity index (χ1v) is 10.8. The number of aryl methyl sites for hydroxylation is 1. The summed E-state index contributed by atoms with van der Waals surface area (Å²) in [7, 11) is -0.793. The van der Waals surface area contributed by atoms with Gasteiger partial charge in [-0.05, 0) is 42.8 Å². The molecule has 28 heavy (non-hydrogen) atoms. The first kappa shape index (κ1) is 20.5. The van der Waals surface area contributed by atoms with E-state index in [1.165, 1.54) is 35.4 Å². The standard InChI is InChI=1S/C19H20BrN3O4S/c1-4-22-16-9-8-15(28(26,27)21(2)3)11-17(16)23(19(25)18(22)24)12-13-6-5-7-14(20)10-13/h5-11H,4,12H2,1-3H3. The van der Waals surface area contributed by atoms with Gasteiger partial charge in [-0.1, -0.05) is 28.1 Å². The zero-order valence-corrected chi connectivity index (χ0v) is 18.1. The van der Waals surface area contributed by atoms with Crippen molar-refractivity contribution in [2.45, 2.75) is 24.9 Å².